The van der Waals surface area contributed by atoms with Crippen LogP contribution < -0.4 is 4.18 Å². The van der Waals surface area contributed by atoms with Crippen molar-refractivity contribution >= 4 is 28.6 Å². The van der Waals surface area contributed by atoms with Crippen molar-refractivity contribution in [2.24, 2.45) is 0 Å². The fourth-order valence-corrected chi connectivity index (χ4v) is 1.24. The molecule has 0 bridgehead atoms. The summed E-state index contributed by atoms with van der Waals surface area (Å²) >= 11 is 3.00. The van der Waals surface area contributed by atoms with Gasteiger partial charge in [-0.2, -0.15) is 4.21 Å². The zero-order valence-corrected chi connectivity index (χ0v) is 8.12. The molecule has 6 nitrogen and oxygen atoms in total. The Bertz CT molecular complexity index is 396. The molecule has 0 saturated heterocycles. The minimum absolute atomic E-state index is 0.0259. The minimum atomic E-state index is -2.56. The molecule has 0 amide bonds. The molecule has 1 aromatic carbocycles. The first kappa shape index (κ1) is 10.9. The van der Waals surface area contributed by atoms with E-state index in [4.69, 9.17) is 16.2 Å². The SMILES string of the molecule is O=[N+]([O-])c1ccc(Cl)c(OS(=O)O)c1. The van der Waals surface area contributed by atoms with E-state index in [0.29, 0.717) is 0 Å². The number of benzene rings is 1. The molecular weight excluding hydrogens is 234 g/mol. The van der Waals surface area contributed by atoms with Crippen molar-refractivity contribution in [3.63, 3.8) is 0 Å². The van der Waals surface area contributed by atoms with Gasteiger partial charge in [-0.1, -0.05) is 11.6 Å². The van der Waals surface area contributed by atoms with Gasteiger partial charge in [0.15, 0.2) is 5.75 Å². The summed E-state index contributed by atoms with van der Waals surface area (Å²) in [4.78, 5) is 9.66. The fraction of sp³-hybridized carbons (Fsp3) is 0. The van der Waals surface area contributed by atoms with E-state index in [2.05, 4.69) is 4.18 Å². The Morgan fingerprint density at radius 1 is 1.57 bits per heavy atom. The van der Waals surface area contributed by atoms with Crippen LogP contribution >= 0.6 is 11.6 Å². The van der Waals surface area contributed by atoms with Crippen LogP contribution in [0, 0.1) is 10.1 Å². The number of halogens is 1. The van der Waals surface area contributed by atoms with Crippen LogP contribution in [0.5, 0.6) is 5.75 Å². The van der Waals surface area contributed by atoms with Crippen molar-refractivity contribution in [2.45, 2.75) is 0 Å². The minimum Gasteiger partial charge on any atom is -0.378 e. The summed E-state index contributed by atoms with van der Waals surface area (Å²) in [6.07, 6.45) is 0. The average molecular weight is 238 g/mol. The van der Waals surface area contributed by atoms with Gasteiger partial charge in [0.05, 0.1) is 16.0 Å². The van der Waals surface area contributed by atoms with Crippen LogP contribution in [0.4, 0.5) is 5.69 Å². The van der Waals surface area contributed by atoms with Gasteiger partial charge >= 0.3 is 11.4 Å². The number of rotatable bonds is 3. The van der Waals surface area contributed by atoms with E-state index >= 15 is 0 Å². The number of hydrogen-bond acceptors (Lipinski definition) is 4. The lowest BCUT2D eigenvalue weighted by Crippen LogP contribution is -1.98. The predicted molar refractivity (Wildman–Crippen MR) is 49.5 cm³/mol. The normalized spacial score (nSPS) is 12.1. The zero-order valence-electron chi connectivity index (χ0n) is 6.55. The molecule has 1 aromatic rings. The van der Waals surface area contributed by atoms with Crippen LogP contribution in [-0.2, 0) is 11.4 Å². The van der Waals surface area contributed by atoms with Crippen molar-refractivity contribution < 1.29 is 17.9 Å². The molecule has 14 heavy (non-hydrogen) atoms. The van der Waals surface area contributed by atoms with E-state index < -0.39 is 16.3 Å². The maximum atomic E-state index is 10.3. The van der Waals surface area contributed by atoms with Crippen molar-refractivity contribution in [3.8, 4) is 5.75 Å². The number of nitrogens with zero attached hydrogens (tertiary/aromatic N) is 1. The highest BCUT2D eigenvalue weighted by atomic mass is 35.5. The molecular formula is C6H4ClNO5S. The molecule has 0 saturated carbocycles. The number of non-ortho nitro benzene ring substituents is 1. The first-order chi connectivity index (χ1) is 6.50. The Morgan fingerprint density at radius 3 is 2.71 bits per heavy atom. The van der Waals surface area contributed by atoms with Crippen molar-refractivity contribution in [1.82, 2.24) is 0 Å². The van der Waals surface area contributed by atoms with Crippen LogP contribution in [0.25, 0.3) is 0 Å². The molecule has 1 unspecified atom stereocenters. The topological polar surface area (TPSA) is 89.7 Å². The molecule has 0 heterocycles. The molecule has 0 fully saturated rings. The second kappa shape index (κ2) is 4.36. The second-order valence-electron chi connectivity index (χ2n) is 2.17. The Kier molecular flexibility index (Phi) is 3.39. The van der Waals surface area contributed by atoms with E-state index in [-0.39, 0.29) is 16.5 Å². The summed E-state index contributed by atoms with van der Waals surface area (Å²) in [6, 6.07) is 3.34. The molecule has 0 aliphatic rings. The summed E-state index contributed by atoms with van der Waals surface area (Å²) < 4.78 is 23.0. The standard InChI is InChI=1S/C6H4ClNO5S/c7-5-2-1-4(8(9)10)3-6(5)13-14(11)12/h1-3H,(H,11,12). The zero-order chi connectivity index (χ0) is 10.7. The van der Waals surface area contributed by atoms with E-state index in [1.165, 1.54) is 6.07 Å². The second-order valence-corrected chi connectivity index (χ2v) is 3.18. The lowest BCUT2D eigenvalue weighted by Gasteiger charge is -2.01. The van der Waals surface area contributed by atoms with Gasteiger partial charge in [0.2, 0.25) is 0 Å². The van der Waals surface area contributed by atoms with Crippen LogP contribution in [-0.4, -0.2) is 13.7 Å². The fourth-order valence-electron chi connectivity index (χ4n) is 0.746. The monoisotopic (exact) mass is 237 g/mol. The lowest BCUT2D eigenvalue weighted by molar-refractivity contribution is -0.384. The number of nitro groups is 1. The number of nitro benzene ring substituents is 1. The molecule has 8 heteroatoms. The van der Waals surface area contributed by atoms with Gasteiger partial charge in [0, 0.05) is 6.07 Å². The predicted octanol–water partition coefficient (Wildman–Crippen LogP) is 1.76. The third kappa shape index (κ3) is 2.66. The van der Waals surface area contributed by atoms with Gasteiger partial charge in [-0.05, 0) is 6.07 Å². The Hall–Kier alpha value is -1.18. The van der Waals surface area contributed by atoms with Gasteiger partial charge in [-0.25, -0.2) is 0 Å². The average Bonchev–Trinajstić information content (AvgIpc) is 2.07. The van der Waals surface area contributed by atoms with Crippen LogP contribution in [0.15, 0.2) is 18.2 Å². The van der Waals surface area contributed by atoms with E-state index in [1.807, 2.05) is 0 Å². The van der Waals surface area contributed by atoms with Gasteiger partial charge < -0.3 is 4.18 Å². The van der Waals surface area contributed by atoms with Gasteiger partial charge in [-0.3, -0.25) is 14.7 Å². The highest BCUT2D eigenvalue weighted by molar-refractivity contribution is 7.74. The van der Waals surface area contributed by atoms with Crippen LogP contribution in [0.1, 0.15) is 0 Å². The molecule has 0 aromatic heterocycles. The maximum absolute atomic E-state index is 10.3. The van der Waals surface area contributed by atoms with E-state index in [0.717, 1.165) is 12.1 Å². The van der Waals surface area contributed by atoms with E-state index in [9.17, 15) is 14.3 Å². The number of hydrogen-bond donors (Lipinski definition) is 1. The van der Waals surface area contributed by atoms with Gasteiger partial charge in [0.25, 0.3) is 5.69 Å². The third-order valence-electron chi connectivity index (χ3n) is 1.29. The Labute approximate surface area is 86.1 Å². The highest BCUT2D eigenvalue weighted by Crippen LogP contribution is 2.29. The first-order valence-corrected chi connectivity index (χ1v) is 4.65. The Morgan fingerprint density at radius 2 is 2.21 bits per heavy atom. The first-order valence-electron chi connectivity index (χ1n) is 3.24. The molecule has 0 spiro atoms. The molecule has 76 valence electrons. The molecule has 1 rings (SSSR count). The quantitative estimate of drug-likeness (QED) is 0.491. The molecule has 0 aliphatic heterocycles. The highest BCUT2D eigenvalue weighted by Gasteiger charge is 2.12. The summed E-state index contributed by atoms with van der Waals surface area (Å²) in [7, 11) is 0. The molecule has 0 radical (unpaired) electrons. The van der Waals surface area contributed by atoms with E-state index in [1.54, 1.807) is 0 Å². The Balaban J connectivity index is 3.08. The van der Waals surface area contributed by atoms with Crippen molar-refractivity contribution in [2.75, 3.05) is 0 Å². The molecule has 1 atom stereocenters. The van der Waals surface area contributed by atoms with Crippen LogP contribution in [0.3, 0.4) is 0 Å². The molecule has 0 aliphatic carbocycles. The largest absolute Gasteiger partial charge is 0.378 e. The van der Waals surface area contributed by atoms with Gasteiger partial charge in [-0.15, -0.1) is 0 Å². The van der Waals surface area contributed by atoms with Crippen LogP contribution in [0.2, 0.25) is 5.02 Å². The van der Waals surface area contributed by atoms with Crippen molar-refractivity contribution in [1.29, 1.82) is 0 Å². The third-order valence-corrected chi connectivity index (χ3v) is 1.92. The smallest absolute Gasteiger partial charge is 0.357 e. The lowest BCUT2D eigenvalue weighted by atomic mass is 10.3. The van der Waals surface area contributed by atoms with Crippen molar-refractivity contribution in [3.05, 3.63) is 33.3 Å². The maximum Gasteiger partial charge on any atom is 0.357 e. The van der Waals surface area contributed by atoms with Gasteiger partial charge in [0.1, 0.15) is 0 Å². The summed E-state index contributed by atoms with van der Waals surface area (Å²) in [5, 5.41) is 10.3. The summed E-state index contributed by atoms with van der Waals surface area (Å²) in [5.74, 6) is -0.207. The summed E-state index contributed by atoms with van der Waals surface area (Å²) in [5.41, 5.74) is -0.269. The summed E-state index contributed by atoms with van der Waals surface area (Å²) in [6.45, 7) is 0. The molecule has 1 N–H and O–H groups in total.